The predicted molar refractivity (Wildman–Crippen MR) is 99.2 cm³/mol. The summed E-state index contributed by atoms with van der Waals surface area (Å²) in [5, 5.41) is 5.90. The molecule has 0 atom stereocenters. The van der Waals surface area contributed by atoms with Gasteiger partial charge in [-0.3, -0.25) is 0 Å². The van der Waals surface area contributed by atoms with E-state index in [9.17, 15) is 13.2 Å². The molecule has 0 saturated heterocycles. The summed E-state index contributed by atoms with van der Waals surface area (Å²) in [7, 11) is -3.61. The van der Waals surface area contributed by atoms with E-state index in [2.05, 4.69) is 15.4 Å². The van der Waals surface area contributed by atoms with Crippen LogP contribution in [0.2, 0.25) is 5.02 Å². The third-order valence-electron chi connectivity index (χ3n) is 3.22. The molecule has 0 radical (unpaired) electrons. The summed E-state index contributed by atoms with van der Waals surface area (Å²) in [6, 6.07) is 12.6. The maximum atomic E-state index is 12.2. The summed E-state index contributed by atoms with van der Waals surface area (Å²) >= 11 is 5.76. The predicted octanol–water partition coefficient (Wildman–Crippen LogP) is 3.35. The van der Waals surface area contributed by atoms with Crippen LogP contribution in [0.3, 0.4) is 0 Å². The molecule has 2 amide bonds. The Kier molecular flexibility index (Phi) is 6.41. The number of hydrogen-bond acceptors (Lipinski definition) is 3. The highest BCUT2D eigenvalue weighted by atomic mass is 35.5. The zero-order valence-electron chi connectivity index (χ0n) is 13.9. The second-order valence-corrected chi connectivity index (χ2v) is 7.93. The van der Waals surface area contributed by atoms with E-state index < -0.39 is 10.0 Å². The molecule has 2 aromatic carbocycles. The van der Waals surface area contributed by atoms with Crippen molar-refractivity contribution in [2.24, 2.45) is 0 Å². The number of hydrogen-bond donors (Lipinski definition) is 3. The molecule has 6 nitrogen and oxygen atoms in total. The highest BCUT2D eigenvalue weighted by Crippen LogP contribution is 2.15. The SMILES string of the molecule is CC(C)NC(=O)Nc1ccc(CNS(=O)(=O)c2ccc(Cl)cc2)cc1. The van der Waals surface area contributed by atoms with Crippen molar-refractivity contribution < 1.29 is 13.2 Å². The average Bonchev–Trinajstić information content (AvgIpc) is 2.54. The average molecular weight is 382 g/mol. The fraction of sp³-hybridized carbons (Fsp3) is 0.235. The Balaban J connectivity index is 1.95. The largest absolute Gasteiger partial charge is 0.336 e. The van der Waals surface area contributed by atoms with E-state index in [0.29, 0.717) is 10.7 Å². The lowest BCUT2D eigenvalue weighted by Crippen LogP contribution is -2.34. The van der Waals surface area contributed by atoms with E-state index in [-0.39, 0.29) is 23.5 Å². The van der Waals surface area contributed by atoms with Crippen LogP contribution in [0.25, 0.3) is 0 Å². The van der Waals surface area contributed by atoms with E-state index in [1.165, 1.54) is 24.3 Å². The van der Waals surface area contributed by atoms with E-state index in [1.54, 1.807) is 24.3 Å². The standard InChI is InChI=1S/C17H20ClN3O3S/c1-12(2)20-17(22)21-15-7-3-13(4-8-15)11-19-25(23,24)16-9-5-14(18)6-10-16/h3-10,12,19H,11H2,1-2H3,(H2,20,21,22). The van der Waals surface area contributed by atoms with E-state index in [1.807, 2.05) is 13.8 Å². The molecule has 0 heterocycles. The Bertz CT molecular complexity index is 819. The number of amides is 2. The van der Waals surface area contributed by atoms with Gasteiger partial charge in [0.25, 0.3) is 0 Å². The maximum Gasteiger partial charge on any atom is 0.319 e. The van der Waals surface area contributed by atoms with Crippen LogP contribution in [-0.2, 0) is 16.6 Å². The summed E-state index contributed by atoms with van der Waals surface area (Å²) in [5.74, 6) is 0. The fourth-order valence-corrected chi connectivity index (χ4v) is 3.15. The Morgan fingerprint density at radius 2 is 1.64 bits per heavy atom. The molecule has 0 spiro atoms. The second-order valence-electron chi connectivity index (χ2n) is 5.73. The van der Waals surface area contributed by atoms with Crippen LogP contribution in [0.4, 0.5) is 10.5 Å². The smallest absolute Gasteiger partial charge is 0.319 e. The third-order valence-corrected chi connectivity index (χ3v) is 4.89. The molecule has 0 aliphatic heterocycles. The fourth-order valence-electron chi connectivity index (χ4n) is 2.01. The van der Waals surface area contributed by atoms with Crippen LogP contribution < -0.4 is 15.4 Å². The minimum absolute atomic E-state index is 0.0431. The minimum Gasteiger partial charge on any atom is -0.336 e. The summed E-state index contributed by atoms with van der Waals surface area (Å²) in [6.07, 6.45) is 0. The Hall–Kier alpha value is -2.09. The Morgan fingerprint density at radius 3 is 2.20 bits per heavy atom. The lowest BCUT2D eigenvalue weighted by Gasteiger charge is -2.11. The van der Waals surface area contributed by atoms with Gasteiger partial charge in [-0.15, -0.1) is 0 Å². The first-order valence-electron chi connectivity index (χ1n) is 7.68. The van der Waals surface area contributed by atoms with Crippen molar-refractivity contribution in [3.05, 3.63) is 59.1 Å². The highest BCUT2D eigenvalue weighted by Gasteiger charge is 2.13. The van der Waals surface area contributed by atoms with Crippen LogP contribution in [-0.4, -0.2) is 20.5 Å². The summed E-state index contributed by atoms with van der Waals surface area (Å²) in [4.78, 5) is 11.8. The van der Waals surface area contributed by atoms with Crippen molar-refractivity contribution in [1.29, 1.82) is 0 Å². The van der Waals surface area contributed by atoms with Gasteiger partial charge in [-0.05, 0) is 55.8 Å². The maximum absolute atomic E-state index is 12.2. The first kappa shape index (κ1) is 19.2. The van der Waals surface area contributed by atoms with E-state index >= 15 is 0 Å². The first-order chi connectivity index (χ1) is 11.8. The number of halogens is 1. The van der Waals surface area contributed by atoms with Crippen molar-refractivity contribution in [3.8, 4) is 0 Å². The summed E-state index contributed by atoms with van der Waals surface area (Å²) in [6.45, 7) is 3.88. The molecule has 0 bridgehead atoms. The van der Waals surface area contributed by atoms with Crippen molar-refractivity contribution in [2.45, 2.75) is 31.3 Å². The minimum atomic E-state index is -3.61. The van der Waals surface area contributed by atoms with Gasteiger partial charge in [0.2, 0.25) is 10.0 Å². The molecule has 2 rings (SSSR count). The third kappa shape index (κ3) is 6.04. The van der Waals surface area contributed by atoms with Crippen LogP contribution in [0, 0.1) is 0 Å². The number of nitrogens with one attached hydrogen (secondary N) is 3. The quantitative estimate of drug-likeness (QED) is 0.717. The molecule has 134 valence electrons. The number of benzene rings is 2. The topological polar surface area (TPSA) is 87.3 Å². The van der Waals surface area contributed by atoms with Crippen molar-refractivity contribution in [2.75, 3.05) is 5.32 Å². The van der Waals surface area contributed by atoms with Crippen molar-refractivity contribution in [1.82, 2.24) is 10.0 Å². The van der Waals surface area contributed by atoms with Crippen LogP contribution in [0.1, 0.15) is 19.4 Å². The zero-order valence-corrected chi connectivity index (χ0v) is 15.5. The molecule has 0 fully saturated rings. The van der Waals surface area contributed by atoms with Crippen LogP contribution in [0.5, 0.6) is 0 Å². The molecule has 0 aromatic heterocycles. The molecular formula is C17H20ClN3O3S. The van der Waals surface area contributed by atoms with Gasteiger partial charge >= 0.3 is 6.03 Å². The number of sulfonamides is 1. The van der Waals surface area contributed by atoms with Gasteiger partial charge in [0.05, 0.1) is 4.90 Å². The number of urea groups is 1. The van der Waals surface area contributed by atoms with E-state index in [0.717, 1.165) is 5.56 Å². The van der Waals surface area contributed by atoms with Gasteiger partial charge in [0.15, 0.2) is 0 Å². The van der Waals surface area contributed by atoms with Gasteiger partial charge in [0.1, 0.15) is 0 Å². The summed E-state index contributed by atoms with van der Waals surface area (Å²) < 4.78 is 27.0. The van der Waals surface area contributed by atoms with Crippen molar-refractivity contribution >= 4 is 33.3 Å². The number of carbonyl (C=O) groups excluding carboxylic acids is 1. The first-order valence-corrected chi connectivity index (χ1v) is 9.54. The molecule has 0 unspecified atom stereocenters. The zero-order chi connectivity index (χ0) is 18.4. The normalized spacial score (nSPS) is 11.4. The number of anilines is 1. The van der Waals surface area contributed by atoms with Crippen LogP contribution in [0.15, 0.2) is 53.4 Å². The monoisotopic (exact) mass is 381 g/mol. The molecule has 0 saturated carbocycles. The van der Waals surface area contributed by atoms with Gasteiger partial charge in [0, 0.05) is 23.3 Å². The molecule has 25 heavy (non-hydrogen) atoms. The van der Waals surface area contributed by atoms with E-state index in [4.69, 9.17) is 11.6 Å². The molecule has 8 heteroatoms. The molecule has 3 N–H and O–H groups in total. The Labute approximate surface area is 152 Å². The number of carbonyl (C=O) groups is 1. The Morgan fingerprint density at radius 1 is 1.04 bits per heavy atom. The number of rotatable bonds is 6. The van der Waals surface area contributed by atoms with Crippen LogP contribution >= 0.6 is 11.6 Å². The molecule has 2 aromatic rings. The highest BCUT2D eigenvalue weighted by molar-refractivity contribution is 7.89. The lowest BCUT2D eigenvalue weighted by molar-refractivity contribution is 0.250. The molecule has 0 aliphatic carbocycles. The van der Waals surface area contributed by atoms with Gasteiger partial charge < -0.3 is 10.6 Å². The lowest BCUT2D eigenvalue weighted by atomic mass is 10.2. The van der Waals surface area contributed by atoms with Gasteiger partial charge in [-0.25, -0.2) is 17.9 Å². The van der Waals surface area contributed by atoms with Gasteiger partial charge in [-0.2, -0.15) is 0 Å². The molecular weight excluding hydrogens is 362 g/mol. The summed E-state index contributed by atoms with van der Waals surface area (Å²) in [5.41, 5.74) is 1.40. The second kappa shape index (κ2) is 8.33. The molecule has 0 aliphatic rings. The van der Waals surface area contributed by atoms with Crippen molar-refractivity contribution in [3.63, 3.8) is 0 Å². The van der Waals surface area contributed by atoms with Gasteiger partial charge in [-0.1, -0.05) is 23.7 Å².